The van der Waals surface area contributed by atoms with Crippen LogP contribution in [-0.2, 0) is 0 Å². The van der Waals surface area contributed by atoms with Crippen molar-refractivity contribution in [3.8, 4) is 11.3 Å². The largest absolute Gasteiger partial charge is 0.340 e. The fourth-order valence-electron chi connectivity index (χ4n) is 3.04. The van der Waals surface area contributed by atoms with Crippen LogP contribution in [0.15, 0.2) is 85.2 Å². The molecule has 0 fully saturated rings. The lowest BCUT2D eigenvalue weighted by Crippen LogP contribution is -2.12. The summed E-state index contributed by atoms with van der Waals surface area (Å²) in [5.74, 6) is 0.0147. The SMILES string of the molecule is Cc1cccc(NC(=O)c2cccc(Nc3cc(-c4cccc(F)c4)ncn3)c2)c1. The Kier molecular flexibility index (Phi) is 5.48. The number of anilines is 3. The molecule has 0 atom stereocenters. The van der Waals surface area contributed by atoms with E-state index in [0.717, 1.165) is 11.3 Å². The molecule has 0 saturated heterocycles. The Hall–Kier alpha value is -4.06. The first kappa shape index (κ1) is 19.3. The standard InChI is InChI=1S/C24H19FN4O/c1-16-5-2-9-20(11-16)29-24(30)18-7-4-10-21(13-18)28-23-14-22(26-15-27-23)17-6-3-8-19(25)12-17/h2-15H,1H3,(H,29,30)(H,26,27,28). The number of halogens is 1. The molecule has 1 heterocycles. The van der Waals surface area contributed by atoms with Gasteiger partial charge in [0.05, 0.1) is 5.69 Å². The number of amides is 1. The van der Waals surface area contributed by atoms with Gasteiger partial charge in [0.1, 0.15) is 18.0 Å². The van der Waals surface area contributed by atoms with Gasteiger partial charge >= 0.3 is 0 Å². The zero-order valence-corrected chi connectivity index (χ0v) is 16.3. The number of nitrogens with one attached hydrogen (secondary N) is 2. The molecule has 0 saturated carbocycles. The summed E-state index contributed by atoms with van der Waals surface area (Å²) < 4.78 is 13.5. The van der Waals surface area contributed by atoms with E-state index < -0.39 is 0 Å². The van der Waals surface area contributed by atoms with Gasteiger partial charge in [-0.15, -0.1) is 0 Å². The fraction of sp³-hybridized carbons (Fsp3) is 0.0417. The molecular weight excluding hydrogens is 379 g/mol. The monoisotopic (exact) mass is 398 g/mol. The minimum absolute atomic E-state index is 0.201. The molecule has 6 heteroatoms. The van der Waals surface area contributed by atoms with Crippen molar-refractivity contribution in [3.05, 3.63) is 102 Å². The highest BCUT2D eigenvalue weighted by molar-refractivity contribution is 6.04. The summed E-state index contributed by atoms with van der Waals surface area (Å²) in [6.45, 7) is 1.97. The van der Waals surface area contributed by atoms with Crippen LogP contribution < -0.4 is 10.6 Å². The normalized spacial score (nSPS) is 10.5. The summed E-state index contributed by atoms with van der Waals surface area (Å²) in [6.07, 6.45) is 1.41. The van der Waals surface area contributed by atoms with E-state index >= 15 is 0 Å². The molecule has 0 bridgehead atoms. The molecule has 1 aromatic heterocycles. The van der Waals surface area contributed by atoms with E-state index in [4.69, 9.17) is 0 Å². The van der Waals surface area contributed by atoms with Crippen LogP contribution in [0.1, 0.15) is 15.9 Å². The molecule has 5 nitrogen and oxygen atoms in total. The van der Waals surface area contributed by atoms with Gasteiger partial charge in [0.25, 0.3) is 5.91 Å². The average Bonchev–Trinajstić information content (AvgIpc) is 2.74. The molecule has 2 N–H and O–H groups in total. The van der Waals surface area contributed by atoms with Crippen LogP contribution in [0.25, 0.3) is 11.3 Å². The first-order valence-electron chi connectivity index (χ1n) is 9.40. The molecule has 30 heavy (non-hydrogen) atoms. The van der Waals surface area contributed by atoms with E-state index in [1.165, 1.54) is 18.5 Å². The van der Waals surface area contributed by atoms with Crippen molar-refractivity contribution in [3.63, 3.8) is 0 Å². The molecule has 0 unspecified atom stereocenters. The summed E-state index contributed by atoms with van der Waals surface area (Å²) in [4.78, 5) is 21.0. The molecule has 3 aromatic carbocycles. The second-order valence-electron chi connectivity index (χ2n) is 6.83. The number of hydrogen-bond acceptors (Lipinski definition) is 4. The Morgan fingerprint density at radius 1 is 0.867 bits per heavy atom. The summed E-state index contributed by atoms with van der Waals surface area (Å²) in [5, 5.41) is 6.07. The number of nitrogens with zero attached hydrogens (tertiary/aromatic N) is 2. The molecule has 148 valence electrons. The number of carbonyl (C=O) groups excluding carboxylic acids is 1. The van der Waals surface area contributed by atoms with Crippen LogP contribution in [0.3, 0.4) is 0 Å². The number of aromatic nitrogens is 2. The lowest BCUT2D eigenvalue weighted by molar-refractivity contribution is 0.102. The molecule has 0 aliphatic carbocycles. The maximum atomic E-state index is 13.5. The lowest BCUT2D eigenvalue weighted by Gasteiger charge is -2.10. The molecule has 4 aromatic rings. The Bertz CT molecular complexity index is 1210. The quantitative estimate of drug-likeness (QED) is 0.460. The van der Waals surface area contributed by atoms with E-state index in [9.17, 15) is 9.18 Å². The fourth-order valence-corrected chi connectivity index (χ4v) is 3.04. The van der Waals surface area contributed by atoms with Crippen molar-refractivity contribution in [1.82, 2.24) is 9.97 Å². The Morgan fingerprint density at radius 3 is 2.50 bits per heavy atom. The Morgan fingerprint density at radius 2 is 1.67 bits per heavy atom. The van der Waals surface area contributed by atoms with E-state index in [0.29, 0.717) is 28.3 Å². The van der Waals surface area contributed by atoms with Gasteiger partial charge in [0.2, 0.25) is 0 Å². The Labute approximate surface area is 173 Å². The predicted molar refractivity (Wildman–Crippen MR) is 116 cm³/mol. The molecule has 4 rings (SSSR count). The van der Waals surface area contributed by atoms with E-state index in [1.54, 1.807) is 36.4 Å². The second kappa shape index (κ2) is 8.53. The van der Waals surface area contributed by atoms with E-state index in [-0.39, 0.29) is 11.7 Å². The third kappa shape index (κ3) is 4.67. The third-order valence-electron chi connectivity index (χ3n) is 4.46. The third-order valence-corrected chi connectivity index (χ3v) is 4.46. The summed E-state index contributed by atoms with van der Waals surface area (Å²) in [5.41, 5.74) is 4.29. The predicted octanol–water partition coefficient (Wildman–Crippen LogP) is 5.59. The molecule has 0 spiro atoms. The van der Waals surface area contributed by atoms with E-state index in [2.05, 4.69) is 20.6 Å². The van der Waals surface area contributed by atoms with Crippen molar-refractivity contribution in [1.29, 1.82) is 0 Å². The van der Waals surface area contributed by atoms with Crippen molar-refractivity contribution >= 4 is 23.1 Å². The van der Waals surface area contributed by atoms with Gasteiger partial charge in [-0.2, -0.15) is 0 Å². The first-order valence-corrected chi connectivity index (χ1v) is 9.40. The zero-order chi connectivity index (χ0) is 20.9. The maximum Gasteiger partial charge on any atom is 0.255 e. The number of benzene rings is 3. The Balaban J connectivity index is 1.52. The van der Waals surface area contributed by atoms with Crippen LogP contribution in [0.5, 0.6) is 0 Å². The summed E-state index contributed by atoms with van der Waals surface area (Å²) in [7, 11) is 0. The average molecular weight is 398 g/mol. The molecule has 1 amide bonds. The van der Waals surface area contributed by atoms with Crippen LogP contribution in [-0.4, -0.2) is 15.9 Å². The highest BCUT2D eigenvalue weighted by Crippen LogP contribution is 2.22. The van der Waals surface area contributed by atoms with Crippen molar-refractivity contribution < 1.29 is 9.18 Å². The van der Waals surface area contributed by atoms with Gasteiger partial charge in [0.15, 0.2) is 0 Å². The number of carbonyl (C=O) groups is 1. The van der Waals surface area contributed by atoms with Crippen LogP contribution in [0, 0.1) is 12.7 Å². The minimum atomic E-state index is -0.326. The van der Waals surface area contributed by atoms with Gasteiger partial charge in [-0.05, 0) is 55.0 Å². The highest BCUT2D eigenvalue weighted by Gasteiger charge is 2.08. The van der Waals surface area contributed by atoms with Gasteiger partial charge < -0.3 is 10.6 Å². The summed E-state index contributed by atoms with van der Waals surface area (Å²) in [6, 6.07) is 22.7. The lowest BCUT2D eigenvalue weighted by atomic mass is 10.1. The smallest absolute Gasteiger partial charge is 0.255 e. The van der Waals surface area contributed by atoms with Gasteiger partial charge in [-0.3, -0.25) is 4.79 Å². The first-order chi connectivity index (χ1) is 14.6. The number of hydrogen-bond donors (Lipinski definition) is 2. The van der Waals surface area contributed by atoms with Crippen LogP contribution >= 0.6 is 0 Å². The van der Waals surface area contributed by atoms with Crippen LogP contribution in [0.4, 0.5) is 21.6 Å². The number of rotatable bonds is 5. The summed E-state index contributed by atoms with van der Waals surface area (Å²) >= 11 is 0. The minimum Gasteiger partial charge on any atom is -0.340 e. The van der Waals surface area contributed by atoms with Gasteiger partial charge in [-0.1, -0.05) is 30.3 Å². The van der Waals surface area contributed by atoms with E-state index in [1.807, 2.05) is 37.3 Å². The topological polar surface area (TPSA) is 66.9 Å². The van der Waals surface area contributed by atoms with Crippen molar-refractivity contribution in [2.45, 2.75) is 6.92 Å². The molecule has 0 radical (unpaired) electrons. The number of aryl methyl sites for hydroxylation is 1. The second-order valence-corrected chi connectivity index (χ2v) is 6.83. The van der Waals surface area contributed by atoms with Gasteiger partial charge in [-0.25, -0.2) is 14.4 Å². The molecule has 0 aliphatic rings. The molecular formula is C24H19FN4O. The highest BCUT2D eigenvalue weighted by atomic mass is 19.1. The van der Waals surface area contributed by atoms with Gasteiger partial charge in [0, 0.05) is 28.6 Å². The van der Waals surface area contributed by atoms with Crippen molar-refractivity contribution in [2.75, 3.05) is 10.6 Å². The van der Waals surface area contributed by atoms with Crippen molar-refractivity contribution in [2.24, 2.45) is 0 Å². The maximum absolute atomic E-state index is 13.5. The zero-order valence-electron chi connectivity index (χ0n) is 16.3. The molecule has 0 aliphatic heterocycles. The van der Waals surface area contributed by atoms with Crippen LogP contribution in [0.2, 0.25) is 0 Å².